The highest BCUT2D eigenvalue weighted by Crippen LogP contribution is 2.19. The van der Waals surface area contributed by atoms with E-state index in [9.17, 15) is 24.0 Å². The molecule has 74 heavy (non-hydrogen) atoms. The summed E-state index contributed by atoms with van der Waals surface area (Å²) in [6.07, 6.45) is 51.4. The smallest absolute Gasteiger partial charge is 0.306 e. The zero-order valence-electron chi connectivity index (χ0n) is 48.4. The van der Waals surface area contributed by atoms with Gasteiger partial charge in [0.25, 0.3) is 0 Å². The number of aliphatic carboxylic acids is 1. The lowest BCUT2D eigenvalue weighted by molar-refractivity contribution is -0.156. The van der Waals surface area contributed by atoms with Crippen molar-refractivity contribution in [2.24, 2.45) is 0 Å². The van der Waals surface area contributed by atoms with E-state index < -0.39 is 5.97 Å². The van der Waals surface area contributed by atoms with Gasteiger partial charge in [-0.1, -0.05) is 173 Å². The van der Waals surface area contributed by atoms with Crippen LogP contribution in [-0.4, -0.2) is 85.4 Å². The molecule has 0 amide bonds. The molecule has 0 aromatic carbocycles. The van der Waals surface area contributed by atoms with Crippen LogP contribution in [0.1, 0.15) is 290 Å². The average Bonchev–Trinajstić information content (AvgIpc) is 3.37. The van der Waals surface area contributed by atoms with Gasteiger partial charge in [-0.2, -0.15) is 0 Å². The van der Waals surface area contributed by atoms with Gasteiger partial charge in [-0.15, -0.1) is 0 Å². The van der Waals surface area contributed by atoms with Gasteiger partial charge in [0.1, 0.15) is 18.3 Å². The molecule has 11 nitrogen and oxygen atoms in total. The molecule has 0 aromatic heterocycles. The molecular weight excluding hydrogens is 931 g/mol. The van der Waals surface area contributed by atoms with E-state index in [4.69, 9.17) is 24.1 Å². The van der Waals surface area contributed by atoms with E-state index in [0.29, 0.717) is 32.3 Å². The lowest BCUT2D eigenvalue weighted by Gasteiger charge is -2.18. The van der Waals surface area contributed by atoms with Crippen molar-refractivity contribution in [2.45, 2.75) is 309 Å². The predicted octanol–water partition coefficient (Wildman–Crippen LogP) is 17.0. The number of carboxylic acid groups (broad SMARTS) is 1. The highest BCUT2D eigenvalue weighted by Gasteiger charge is 2.18. The number of rotatable bonds is 55. The Hall–Kier alpha value is -3.47. The number of carbonyl (C=O) groups excluding carboxylic acids is 4. The lowest BCUT2D eigenvalue weighted by Crippen LogP contribution is -2.21. The quantitative estimate of drug-likeness (QED) is 0.0269. The Morgan fingerprint density at radius 3 is 1.07 bits per heavy atom. The monoisotopic (exact) mass is 1040 g/mol. The van der Waals surface area contributed by atoms with E-state index in [0.717, 1.165) is 212 Å². The number of carbonyl (C=O) groups is 5. The second-order valence-electron chi connectivity index (χ2n) is 21.2. The van der Waals surface area contributed by atoms with E-state index >= 15 is 0 Å². The molecule has 0 heterocycles. The number of hydrogen-bond donors (Lipinski definition) is 1. The minimum Gasteiger partial charge on any atom is -0.481 e. The minimum atomic E-state index is -0.726. The number of ether oxygens (including phenoxy) is 4. The van der Waals surface area contributed by atoms with E-state index in [1.807, 2.05) is 14.1 Å². The van der Waals surface area contributed by atoms with Crippen molar-refractivity contribution in [2.75, 3.05) is 27.2 Å². The van der Waals surface area contributed by atoms with E-state index in [2.05, 4.69) is 62.1 Å². The van der Waals surface area contributed by atoms with Gasteiger partial charge in [0.2, 0.25) is 0 Å². The molecule has 0 aliphatic rings. The Morgan fingerprint density at radius 2 is 0.703 bits per heavy atom. The summed E-state index contributed by atoms with van der Waals surface area (Å²) in [4.78, 5) is 63.5. The third-order valence-corrected chi connectivity index (χ3v) is 13.5. The summed E-state index contributed by atoms with van der Waals surface area (Å²) in [5.41, 5.74) is 0. The SMILES string of the molecule is CCCCCCC(C/C=C/CCCCCCCC(=O)OCCCN(C)C)OC(=O)CCCCCCC/C=C/CC(CCCCCC)OC(=O)CCC(=O)OC(C/C=C/CCCCCCCC(=O)O)CCCCCC. The van der Waals surface area contributed by atoms with Crippen molar-refractivity contribution < 1.29 is 48.0 Å². The Balaban J connectivity index is 4.60. The molecule has 0 fully saturated rings. The van der Waals surface area contributed by atoms with Gasteiger partial charge >= 0.3 is 29.8 Å². The third kappa shape index (κ3) is 52.0. The van der Waals surface area contributed by atoms with Crippen LogP contribution in [0.3, 0.4) is 0 Å². The zero-order valence-corrected chi connectivity index (χ0v) is 48.4. The van der Waals surface area contributed by atoms with Crippen LogP contribution in [0.2, 0.25) is 0 Å². The fourth-order valence-corrected chi connectivity index (χ4v) is 8.94. The minimum absolute atomic E-state index is 0.0246. The summed E-state index contributed by atoms with van der Waals surface area (Å²) in [5, 5.41) is 8.79. The maximum atomic E-state index is 13.0. The van der Waals surface area contributed by atoms with E-state index in [-0.39, 0.29) is 61.5 Å². The van der Waals surface area contributed by atoms with Crippen molar-refractivity contribution in [3.8, 4) is 0 Å². The first kappa shape index (κ1) is 70.5. The predicted molar refractivity (Wildman–Crippen MR) is 305 cm³/mol. The van der Waals surface area contributed by atoms with Crippen molar-refractivity contribution in [3.05, 3.63) is 36.5 Å². The van der Waals surface area contributed by atoms with Gasteiger partial charge in [0.15, 0.2) is 0 Å². The molecule has 3 unspecified atom stereocenters. The van der Waals surface area contributed by atoms with Crippen molar-refractivity contribution >= 4 is 29.8 Å². The first-order chi connectivity index (χ1) is 36.0. The van der Waals surface area contributed by atoms with Gasteiger partial charge < -0.3 is 29.0 Å². The fraction of sp³-hybridized carbons (Fsp3) is 0.825. The molecule has 0 saturated carbocycles. The number of esters is 4. The van der Waals surface area contributed by atoms with Crippen LogP contribution in [-0.2, 0) is 42.9 Å². The van der Waals surface area contributed by atoms with Crippen LogP contribution < -0.4 is 0 Å². The largest absolute Gasteiger partial charge is 0.481 e. The van der Waals surface area contributed by atoms with Gasteiger partial charge in [0, 0.05) is 45.1 Å². The third-order valence-electron chi connectivity index (χ3n) is 13.5. The van der Waals surface area contributed by atoms with Crippen LogP contribution in [0.4, 0.5) is 0 Å². The molecule has 11 heteroatoms. The summed E-state index contributed by atoms with van der Waals surface area (Å²) in [6, 6.07) is 0. The fourth-order valence-electron chi connectivity index (χ4n) is 8.94. The van der Waals surface area contributed by atoms with Gasteiger partial charge in [-0.25, -0.2) is 0 Å². The van der Waals surface area contributed by atoms with Gasteiger partial charge in [0.05, 0.1) is 19.4 Å². The molecule has 0 spiro atoms. The molecule has 0 aliphatic carbocycles. The molecule has 0 radical (unpaired) electrons. The van der Waals surface area contributed by atoms with Crippen molar-refractivity contribution in [1.82, 2.24) is 4.90 Å². The van der Waals surface area contributed by atoms with Crippen LogP contribution in [0.25, 0.3) is 0 Å². The average molecular weight is 1040 g/mol. The Bertz CT molecular complexity index is 1430. The van der Waals surface area contributed by atoms with Crippen LogP contribution in [0.15, 0.2) is 36.5 Å². The summed E-state index contributed by atoms with van der Waals surface area (Å²) < 4.78 is 23.2. The standard InChI is InChI=1S/C63H113NO10/c1-6-9-12-33-43-56(46-36-27-22-16-19-25-31-40-50-60(67)71-55-42-54-64(4)5)72-61(68)51-41-32-26-20-17-23-29-38-48-58(45-35-14-11-8-3)74-63(70)53-52-62(69)73-57(44-34-13-10-7-2)47-37-28-21-15-18-24-30-39-49-59(65)66/h27-29,36-38,56-58H,6-26,30-35,39-55H2,1-5H3,(H,65,66)/b36-27+,37-28+,38-29+. The second-order valence-corrected chi connectivity index (χ2v) is 21.2. The molecule has 0 rings (SSSR count). The normalized spacial score (nSPS) is 13.0. The van der Waals surface area contributed by atoms with Gasteiger partial charge in [-0.05, 0) is 117 Å². The van der Waals surface area contributed by atoms with E-state index in [1.54, 1.807) is 0 Å². The topological polar surface area (TPSA) is 146 Å². The molecule has 0 aromatic rings. The zero-order chi connectivity index (χ0) is 54.4. The van der Waals surface area contributed by atoms with Crippen molar-refractivity contribution in [1.29, 1.82) is 0 Å². The molecule has 0 aliphatic heterocycles. The van der Waals surface area contributed by atoms with Gasteiger partial charge in [-0.3, -0.25) is 24.0 Å². The Labute approximate surface area is 453 Å². The number of nitrogens with zero attached hydrogens (tertiary/aromatic N) is 1. The van der Waals surface area contributed by atoms with Crippen LogP contribution >= 0.6 is 0 Å². The van der Waals surface area contributed by atoms with Crippen LogP contribution in [0.5, 0.6) is 0 Å². The summed E-state index contributed by atoms with van der Waals surface area (Å²) >= 11 is 0. The van der Waals surface area contributed by atoms with E-state index in [1.165, 1.54) is 19.3 Å². The number of carboxylic acids is 1. The first-order valence-corrected chi connectivity index (χ1v) is 30.6. The first-order valence-electron chi connectivity index (χ1n) is 30.6. The molecule has 3 atom stereocenters. The Kier molecular flexibility index (Phi) is 51.8. The number of unbranched alkanes of at least 4 members (excludes halogenated alkanes) is 24. The molecule has 1 N–H and O–H groups in total. The molecular formula is C63H113NO10. The summed E-state index contributed by atoms with van der Waals surface area (Å²) in [6.45, 7) is 8.03. The molecule has 430 valence electrons. The molecule has 0 bridgehead atoms. The number of allylic oxidation sites excluding steroid dienone is 3. The summed E-state index contributed by atoms with van der Waals surface area (Å²) in [7, 11) is 4.04. The lowest BCUT2D eigenvalue weighted by atomic mass is 10.1. The second kappa shape index (κ2) is 54.3. The highest BCUT2D eigenvalue weighted by atomic mass is 16.6. The highest BCUT2D eigenvalue weighted by molar-refractivity contribution is 5.77. The maximum Gasteiger partial charge on any atom is 0.306 e. The Morgan fingerprint density at radius 1 is 0.378 bits per heavy atom. The van der Waals surface area contributed by atoms with Crippen LogP contribution in [0, 0.1) is 0 Å². The summed E-state index contributed by atoms with van der Waals surface area (Å²) in [5.74, 6) is -1.55. The molecule has 0 saturated heterocycles. The number of hydrogen-bond acceptors (Lipinski definition) is 10. The van der Waals surface area contributed by atoms with Crippen molar-refractivity contribution in [3.63, 3.8) is 0 Å². The maximum absolute atomic E-state index is 13.0.